The number of rotatable bonds is 5. The fraction of sp³-hybridized carbons (Fsp3) is 0.200. The lowest BCUT2D eigenvalue weighted by atomic mass is 10.5. The van der Waals surface area contributed by atoms with E-state index < -0.39 is 15.8 Å². The summed E-state index contributed by atoms with van der Waals surface area (Å²) in [7, 11) is -3.42. The van der Waals surface area contributed by atoms with Crippen LogP contribution < -0.4 is 0 Å². The van der Waals surface area contributed by atoms with Gasteiger partial charge in [0.25, 0.3) is 0 Å². The van der Waals surface area contributed by atoms with Crippen molar-refractivity contribution in [3.05, 3.63) is 37.2 Å². The highest BCUT2D eigenvalue weighted by Gasteiger charge is 2.14. The standard InChI is InChI=1S/C10H11NO4S/c1-2-10(12)15-7-8-16(13,14)9-3-5-11-6-4-9/h2-6H,1,7-8H2. The van der Waals surface area contributed by atoms with Gasteiger partial charge < -0.3 is 4.74 Å². The van der Waals surface area contributed by atoms with Crippen molar-refractivity contribution >= 4 is 15.8 Å². The Kier molecular flexibility index (Phi) is 4.19. The number of carbonyl (C=O) groups is 1. The van der Waals surface area contributed by atoms with Crippen LogP contribution in [-0.4, -0.2) is 31.7 Å². The molecule has 0 aliphatic carbocycles. The summed E-state index contributed by atoms with van der Waals surface area (Å²) in [5, 5.41) is 0. The largest absolute Gasteiger partial charge is 0.461 e. The number of aromatic nitrogens is 1. The maximum atomic E-state index is 11.7. The van der Waals surface area contributed by atoms with Crippen LogP contribution in [0.5, 0.6) is 0 Å². The van der Waals surface area contributed by atoms with Crippen LogP contribution in [0.1, 0.15) is 0 Å². The van der Waals surface area contributed by atoms with Gasteiger partial charge in [0.2, 0.25) is 0 Å². The van der Waals surface area contributed by atoms with Crippen molar-refractivity contribution in [1.82, 2.24) is 4.98 Å². The molecular formula is C10H11NO4S. The van der Waals surface area contributed by atoms with Crippen molar-refractivity contribution in [3.63, 3.8) is 0 Å². The fourth-order valence-electron chi connectivity index (χ4n) is 0.974. The summed E-state index contributed by atoms with van der Waals surface area (Å²) in [6.45, 7) is 3.02. The summed E-state index contributed by atoms with van der Waals surface area (Å²) in [6, 6.07) is 2.79. The average Bonchev–Trinajstić information content (AvgIpc) is 2.30. The SMILES string of the molecule is C=CC(=O)OCCS(=O)(=O)c1ccncc1. The summed E-state index contributed by atoms with van der Waals surface area (Å²) < 4.78 is 27.9. The topological polar surface area (TPSA) is 73.3 Å². The highest BCUT2D eigenvalue weighted by molar-refractivity contribution is 7.91. The Balaban J connectivity index is 2.60. The zero-order valence-corrected chi connectivity index (χ0v) is 9.31. The lowest BCUT2D eigenvalue weighted by molar-refractivity contribution is -0.137. The first-order chi connectivity index (χ1) is 7.56. The maximum Gasteiger partial charge on any atom is 0.330 e. The Morgan fingerprint density at radius 3 is 2.62 bits per heavy atom. The highest BCUT2D eigenvalue weighted by atomic mass is 32.2. The lowest BCUT2D eigenvalue weighted by Crippen LogP contribution is -2.14. The molecule has 0 saturated carbocycles. The minimum Gasteiger partial charge on any atom is -0.461 e. The van der Waals surface area contributed by atoms with Gasteiger partial charge in [-0.3, -0.25) is 4.98 Å². The van der Waals surface area contributed by atoms with E-state index >= 15 is 0 Å². The van der Waals surface area contributed by atoms with Crippen molar-refractivity contribution in [2.24, 2.45) is 0 Å². The summed E-state index contributed by atoms with van der Waals surface area (Å²) in [4.78, 5) is 14.6. The van der Waals surface area contributed by atoms with Crippen molar-refractivity contribution < 1.29 is 17.9 Å². The molecule has 0 aliphatic rings. The van der Waals surface area contributed by atoms with Gasteiger partial charge in [-0.05, 0) is 12.1 Å². The van der Waals surface area contributed by atoms with E-state index in [4.69, 9.17) is 0 Å². The number of sulfone groups is 1. The van der Waals surface area contributed by atoms with E-state index in [9.17, 15) is 13.2 Å². The van der Waals surface area contributed by atoms with Gasteiger partial charge in [0.1, 0.15) is 6.61 Å². The van der Waals surface area contributed by atoms with Gasteiger partial charge in [-0.15, -0.1) is 0 Å². The number of pyridine rings is 1. The van der Waals surface area contributed by atoms with E-state index in [0.29, 0.717) is 0 Å². The third-order valence-electron chi connectivity index (χ3n) is 1.77. The van der Waals surface area contributed by atoms with Crippen molar-refractivity contribution in [3.8, 4) is 0 Å². The van der Waals surface area contributed by atoms with Crippen molar-refractivity contribution in [1.29, 1.82) is 0 Å². The number of carbonyl (C=O) groups excluding carboxylic acids is 1. The Labute approximate surface area is 93.7 Å². The van der Waals surface area contributed by atoms with Gasteiger partial charge in [-0.1, -0.05) is 6.58 Å². The van der Waals surface area contributed by atoms with E-state index in [-0.39, 0.29) is 17.3 Å². The Morgan fingerprint density at radius 2 is 2.06 bits per heavy atom. The molecule has 1 aromatic rings. The molecule has 0 bridgehead atoms. The first kappa shape index (κ1) is 12.4. The van der Waals surface area contributed by atoms with Crippen LogP contribution >= 0.6 is 0 Å². The second-order valence-corrected chi connectivity index (χ2v) is 4.98. The molecule has 16 heavy (non-hydrogen) atoms. The molecule has 5 nitrogen and oxygen atoms in total. The summed E-state index contributed by atoms with van der Waals surface area (Å²) in [5.41, 5.74) is 0. The van der Waals surface area contributed by atoms with Crippen LogP contribution in [-0.2, 0) is 19.4 Å². The fourth-order valence-corrected chi connectivity index (χ4v) is 2.05. The van der Waals surface area contributed by atoms with E-state index in [2.05, 4.69) is 16.3 Å². The Bertz CT molecular complexity index is 467. The zero-order valence-electron chi connectivity index (χ0n) is 8.50. The van der Waals surface area contributed by atoms with Crippen LogP contribution in [0.25, 0.3) is 0 Å². The maximum absolute atomic E-state index is 11.7. The molecule has 0 atom stereocenters. The Hall–Kier alpha value is -1.69. The molecule has 86 valence electrons. The van der Waals surface area contributed by atoms with E-state index in [1.54, 1.807) is 0 Å². The molecule has 6 heteroatoms. The van der Waals surface area contributed by atoms with Gasteiger partial charge in [-0.25, -0.2) is 13.2 Å². The molecular weight excluding hydrogens is 230 g/mol. The second kappa shape index (κ2) is 5.41. The Morgan fingerprint density at radius 1 is 1.44 bits per heavy atom. The number of ether oxygens (including phenoxy) is 1. The van der Waals surface area contributed by atoms with Gasteiger partial charge >= 0.3 is 5.97 Å². The normalized spacial score (nSPS) is 10.8. The third kappa shape index (κ3) is 3.47. The van der Waals surface area contributed by atoms with E-state index in [1.807, 2.05) is 0 Å². The smallest absolute Gasteiger partial charge is 0.330 e. The van der Waals surface area contributed by atoms with Crippen LogP contribution in [0.15, 0.2) is 42.1 Å². The monoisotopic (exact) mass is 241 g/mol. The van der Waals surface area contributed by atoms with Crippen molar-refractivity contribution in [2.45, 2.75) is 4.90 Å². The summed E-state index contributed by atoms with van der Waals surface area (Å²) in [6.07, 6.45) is 3.77. The predicted octanol–water partition coefficient (Wildman–Crippen LogP) is 0.585. The van der Waals surface area contributed by atoms with Gasteiger partial charge in [0.05, 0.1) is 10.6 Å². The number of hydrogen-bond acceptors (Lipinski definition) is 5. The third-order valence-corrected chi connectivity index (χ3v) is 3.47. The molecule has 0 aliphatic heterocycles. The zero-order chi connectivity index (χ0) is 12.0. The van der Waals surface area contributed by atoms with Crippen LogP contribution in [0.2, 0.25) is 0 Å². The van der Waals surface area contributed by atoms with Gasteiger partial charge in [0, 0.05) is 18.5 Å². The molecule has 0 N–H and O–H groups in total. The molecule has 0 radical (unpaired) electrons. The minimum absolute atomic E-state index is 0.164. The molecule has 0 spiro atoms. The molecule has 0 aromatic carbocycles. The van der Waals surface area contributed by atoms with Crippen LogP contribution in [0.3, 0.4) is 0 Å². The predicted molar refractivity (Wildman–Crippen MR) is 57.4 cm³/mol. The minimum atomic E-state index is -3.42. The molecule has 0 saturated heterocycles. The molecule has 1 aromatic heterocycles. The molecule has 0 amide bonds. The average molecular weight is 241 g/mol. The van der Waals surface area contributed by atoms with E-state index in [0.717, 1.165) is 6.08 Å². The van der Waals surface area contributed by atoms with Crippen LogP contribution in [0, 0.1) is 0 Å². The second-order valence-electron chi connectivity index (χ2n) is 2.87. The highest BCUT2D eigenvalue weighted by Crippen LogP contribution is 2.08. The lowest BCUT2D eigenvalue weighted by Gasteiger charge is -2.04. The molecule has 0 unspecified atom stereocenters. The van der Waals surface area contributed by atoms with E-state index in [1.165, 1.54) is 24.5 Å². The van der Waals surface area contributed by atoms with Gasteiger partial charge in [0.15, 0.2) is 9.84 Å². The van der Waals surface area contributed by atoms with Crippen molar-refractivity contribution in [2.75, 3.05) is 12.4 Å². The number of nitrogens with zero attached hydrogens (tertiary/aromatic N) is 1. The van der Waals surface area contributed by atoms with Gasteiger partial charge in [-0.2, -0.15) is 0 Å². The molecule has 1 heterocycles. The quantitative estimate of drug-likeness (QED) is 0.557. The molecule has 0 fully saturated rings. The summed E-state index contributed by atoms with van der Waals surface area (Å²) in [5.74, 6) is -0.888. The molecule has 1 rings (SSSR count). The number of hydrogen-bond donors (Lipinski definition) is 0. The first-order valence-corrected chi connectivity index (χ1v) is 6.13. The van der Waals surface area contributed by atoms with Crippen LogP contribution in [0.4, 0.5) is 0 Å². The summed E-state index contributed by atoms with van der Waals surface area (Å²) >= 11 is 0. The number of esters is 1. The first-order valence-electron chi connectivity index (χ1n) is 4.48.